The summed E-state index contributed by atoms with van der Waals surface area (Å²) in [6.45, 7) is 7.92. The van der Waals surface area contributed by atoms with Crippen LogP contribution in [-0.2, 0) is 19.3 Å². The average molecular weight is 550 g/mol. The second kappa shape index (κ2) is 13.9. The monoisotopic (exact) mass is 549 g/mol. The number of hydrogen-bond donors (Lipinski definition) is 1. The predicted molar refractivity (Wildman–Crippen MR) is 164 cm³/mol. The summed E-state index contributed by atoms with van der Waals surface area (Å²) in [4.78, 5) is 19.1. The van der Waals surface area contributed by atoms with Crippen molar-refractivity contribution in [1.29, 1.82) is 5.26 Å². The van der Waals surface area contributed by atoms with Crippen molar-refractivity contribution in [3.8, 4) is 28.6 Å². The molecule has 0 fully saturated rings. The van der Waals surface area contributed by atoms with Crippen LogP contribution in [0.5, 0.6) is 5.75 Å². The molecular formula is C35H39N3O3. The second-order valence-corrected chi connectivity index (χ2v) is 10.4. The number of ether oxygens (including phenoxy) is 1. The molecular weight excluding hydrogens is 510 g/mol. The van der Waals surface area contributed by atoms with Gasteiger partial charge in [-0.3, -0.25) is 9.36 Å². The molecule has 0 saturated heterocycles. The van der Waals surface area contributed by atoms with Gasteiger partial charge < -0.3 is 9.84 Å². The minimum atomic E-state index is -0.572. The van der Waals surface area contributed by atoms with E-state index in [9.17, 15) is 15.2 Å². The maximum Gasteiger partial charge on any atom is 0.261 e. The van der Waals surface area contributed by atoms with E-state index in [0.717, 1.165) is 59.6 Å². The average Bonchev–Trinajstić information content (AvgIpc) is 2.99. The van der Waals surface area contributed by atoms with Crippen LogP contribution in [0.1, 0.15) is 75.2 Å². The maximum atomic E-state index is 14.1. The van der Waals surface area contributed by atoms with Gasteiger partial charge in [-0.15, -0.1) is 0 Å². The van der Waals surface area contributed by atoms with Gasteiger partial charge in [0.15, 0.2) is 0 Å². The van der Waals surface area contributed by atoms with Crippen LogP contribution in [0.4, 0.5) is 0 Å². The van der Waals surface area contributed by atoms with Gasteiger partial charge in [0.25, 0.3) is 5.56 Å². The van der Waals surface area contributed by atoms with Crippen LogP contribution in [0.25, 0.3) is 16.8 Å². The molecule has 1 heterocycles. The largest absolute Gasteiger partial charge is 0.488 e. The normalized spacial score (nSPS) is 12.5. The molecule has 4 aromatic rings. The zero-order chi connectivity index (χ0) is 29.4. The topological polar surface area (TPSA) is 88.1 Å². The van der Waals surface area contributed by atoms with Gasteiger partial charge in [0.05, 0.1) is 29.1 Å². The Labute approximate surface area is 242 Å². The van der Waals surface area contributed by atoms with Gasteiger partial charge in [0.1, 0.15) is 17.7 Å². The number of aryl methyl sites for hydroxylation is 2. The molecule has 3 aromatic carbocycles. The second-order valence-electron chi connectivity index (χ2n) is 10.4. The van der Waals surface area contributed by atoms with Crippen LogP contribution in [-0.4, -0.2) is 26.9 Å². The number of nitriles is 1. The van der Waals surface area contributed by atoms with E-state index in [0.29, 0.717) is 29.7 Å². The van der Waals surface area contributed by atoms with Gasteiger partial charge >= 0.3 is 0 Å². The summed E-state index contributed by atoms with van der Waals surface area (Å²) in [5.41, 5.74) is 5.75. The lowest BCUT2D eigenvalue weighted by atomic mass is 9.97. The molecule has 1 N–H and O–H groups in total. The highest BCUT2D eigenvalue weighted by Crippen LogP contribution is 2.25. The lowest BCUT2D eigenvalue weighted by Gasteiger charge is -2.21. The first-order chi connectivity index (χ1) is 19.9. The highest BCUT2D eigenvalue weighted by molar-refractivity contribution is 5.70. The fourth-order valence-electron chi connectivity index (χ4n) is 5.14. The summed E-state index contributed by atoms with van der Waals surface area (Å²) in [7, 11) is 0. The van der Waals surface area contributed by atoms with Gasteiger partial charge in [0, 0.05) is 18.4 Å². The third kappa shape index (κ3) is 6.93. The molecule has 41 heavy (non-hydrogen) atoms. The number of nitrogens with zero attached hydrogens (tertiary/aromatic N) is 3. The third-order valence-electron chi connectivity index (χ3n) is 7.32. The standard InChI is InChI=1S/C35H39N3O3/c1-5-10-32-31(22-25-14-16-26(17-15-25)30-13-9-8-12-27(30)23-36)35(40)38(34(7-3)37-32)28-18-20-29(21-19-28)41-33(11-6-2)24(4)39/h8-9,12-21,24,33,39H,5-7,10-11,22H2,1-4H3/t24-,33-/m1/s1. The highest BCUT2D eigenvalue weighted by atomic mass is 16.5. The van der Waals surface area contributed by atoms with Crippen molar-refractivity contribution in [2.24, 2.45) is 0 Å². The summed E-state index contributed by atoms with van der Waals surface area (Å²) in [6.07, 6.45) is 3.55. The maximum absolute atomic E-state index is 14.1. The molecule has 2 atom stereocenters. The number of rotatable bonds is 12. The summed E-state index contributed by atoms with van der Waals surface area (Å²) < 4.78 is 7.75. The molecule has 6 heteroatoms. The predicted octanol–water partition coefficient (Wildman–Crippen LogP) is 6.81. The van der Waals surface area contributed by atoms with E-state index in [2.05, 4.69) is 19.9 Å². The molecule has 212 valence electrons. The zero-order valence-electron chi connectivity index (χ0n) is 24.4. The Kier molecular flexibility index (Phi) is 10.1. The summed E-state index contributed by atoms with van der Waals surface area (Å²) in [5, 5.41) is 19.6. The quantitative estimate of drug-likeness (QED) is 0.210. The number of hydrogen-bond acceptors (Lipinski definition) is 5. The number of aliphatic hydroxyl groups is 1. The summed E-state index contributed by atoms with van der Waals surface area (Å²) >= 11 is 0. The van der Waals surface area contributed by atoms with Crippen molar-refractivity contribution in [1.82, 2.24) is 9.55 Å². The number of aliphatic hydroxyl groups excluding tert-OH is 1. The molecule has 0 unspecified atom stereocenters. The Bertz CT molecular complexity index is 1550. The molecule has 4 rings (SSSR count). The van der Waals surface area contributed by atoms with Crippen LogP contribution >= 0.6 is 0 Å². The Morgan fingerprint density at radius 3 is 2.29 bits per heavy atom. The van der Waals surface area contributed by atoms with E-state index in [1.807, 2.05) is 79.7 Å². The van der Waals surface area contributed by atoms with Crippen molar-refractivity contribution in [3.63, 3.8) is 0 Å². The van der Waals surface area contributed by atoms with E-state index in [-0.39, 0.29) is 11.7 Å². The van der Waals surface area contributed by atoms with Crippen LogP contribution < -0.4 is 10.3 Å². The Morgan fingerprint density at radius 2 is 1.68 bits per heavy atom. The third-order valence-corrected chi connectivity index (χ3v) is 7.32. The minimum Gasteiger partial charge on any atom is -0.488 e. The van der Waals surface area contributed by atoms with E-state index < -0.39 is 6.10 Å². The lowest BCUT2D eigenvalue weighted by molar-refractivity contribution is 0.0430. The highest BCUT2D eigenvalue weighted by Gasteiger charge is 2.19. The van der Waals surface area contributed by atoms with Crippen molar-refractivity contribution < 1.29 is 9.84 Å². The fourth-order valence-corrected chi connectivity index (χ4v) is 5.14. The first-order valence-corrected chi connectivity index (χ1v) is 14.6. The van der Waals surface area contributed by atoms with Crippen LogP contribution in [0.15, 0.2) is 77.6 Å². The summed E-state index contributed by atoms with van der Waals surface area (Å²) in [6, 6.07) is 25.4. The number of aromatic nitrogens is 2. The summed E-state index contributed by atoms with van der Waals surface area (Å²) in [5.74, 6) is 1.39. The van der Waals surface area contributed by atoms with Gasteiger partial charge in [-0.2, -0.15) is 5.26 Å². The lowest BCUT2D eigenvalue weighted by Crippen LogP contribution is -2.30. The van der Waals surface area contributed by atoms with Gasteiger partial charge in [-0.05, 0) is 66.8 Å². The number of benzene rings is 3. The van der Waals surface area contributed by atoms with E-state index in [1.165, 1.54) is 0 Å². The molecule has 0 aliphatic rings. The van der Waals surface area contributed by atoms with Crippen LogP contribution in [0.3, 0.4) is 0 Å². The molecule has 0 amide bonds. The van der Waals surface area contributed by atoms with E-state index in [1.54, 1.807) is 11.5 Å². The Hall–Kier alpha value is -4.21. The molecule has 6 nitrogen and oxygen atoms in total. The first-order valence-electron chi connectivity index (χ1n) is 14.6. The molecule has 0 radical (unpaired) electrons. The fraction of sp³-hybridized carbons (Fsp3) is 0.343. The zero-order valence-corrected chi connectivity index (χ0v) is 24.4. The van der Waals surface area contributed by atoms with Crippen molar-refractivity contribution in [2.45, 2.75) is 78.4 Å². The Morgan fingerprint density at radius 1 is 0.976 bits per heavy atom. The van der Waals surface area contributed by atoms with Gasteiger partial charge in [0.2, 0.25) is 0 Å². The van der Waals surface area contributed by atoms with Crippen LogP contribution in [0.2, 0.25) is 0 Å². The molecule has 0 aliphatic carbocycles. The van der Waals surface area contributed by atoms with E-state index >= 15 is 0 Å². The minimum absolute atomic E-state index is 0.0549. The van der Waals surface area contributed by atoms with E-state index in [4.69, 9.17) is 9.72 Å². The molecule has 0 saturated carbocycles. The van der Waals surface area contributed by atoms with Crippen LogP contribution in [0, 0.1) is 11.3 Å². The van der Waals surface area contributed by atoms with Crippen molar-refractivity contribution in [2.75, 3.05) is 0 Å². The smallest absolute Gasteiger partial charge is 0.261 e. The molecule has 0 bridgehead atoms. The molecule has 0 aliphatic heterocycles. The van der Waals surface area contributed by atoms with Crippen molar-refractivity contribution in [3.05, 3.63) is 111 Å². The van der Waals surface area contributed by atoms with Gasteiger partial charge in [-0.1, -0.05) is 76.1 Å². The molecule has 1 aromatic heterocycles. The van der Waals surface area contributed by atoms with Gasteiger partial charge in [-0.25, -0.2) is 4.98 Å². The first kappa shape index (κ1) is 29.8. The van der Waals surface area contributed by atoms with Crippen molar-refractivity contribution >= 4 is 0 Å². The SMILES string of the molecule is CCCc1nc(CC)n(-c2ccc(O[C@H](CCC)[C@@H](C)O)cc2)c(=O)c1Cc1ccc(-c2ccccc2C#N)cc1. The Balaban J connectivity index is 1.69. The molecule has 0 spiro atoms.